The first-order chi connectivity index (χ1) is 16.1. The van der Waals surface area contributed by atoms with Crippen LogP contribution in [0.3, 0.4) is 0 Å². The Morgan fingerprint density at radius 1 is 0.939 bits per heavy atom. The molecular formula is C27H29N3O3. The number of benzene rings is 3. The van der Waals surface area contributed by atoms with Crippen LogP contribution < -0.4 is 15.5 Å². The fourth-order valence-corrected chi connectivity index (χ4v) is 4.05. The number of amides is 2. The van der Waals surface area contributed by atoms with Gasteiger partial charge >= 0.3 is 0 Å². The van der Waals surface area contributed by atoms with Crippen molar-refractivity contribution in [3.8, 4) is 5.75 Å². The Balaban J connectivity index is 1.26. The van der Waals surface area contributed by atoms with Gasteiger partial charge in [0.1, 0.15) is 5.75 Å². The maximum absolute atomic E-state index is 12.4. The molecular weight excluding hydrogens is 414 g/mol. The lowest BCUT2D eigenvalue weighted by atomic mass is 9.88. The zero-order valence-electron chi connectivity index (χ0n) is 18.8. The minimum Gasteiger partial charge on any atom is -0.484 e. The number of fused-ring (bicyclic) bond motifs is 1. The highest BCUT2D eigenvalue weighted by Gasteiger charge is 2.20. The summed E-state index contributed by atoms with van der Waals surface area (Å²) in [6, 6.07) is 21.2. The van der Waals surface area contributed by atoms with Crippen molar-refractivity contribution in [2.75, 3.05) is 11.9 Å². The summed E-state index contributed by atoms with van der Waals surface area (Å²) in [4.78, 5) is 24.5. The normalized spacial score (nSPS) is 14.6. The van der Waals surface area contributed by atoms with Crippen LogP contribution in [-0.2, 0) is 9.59 Å². The lowest BCUT2D eigenvalue weighted by Gasteiger charge is -2.20. The molecule has 1 aliphatic carbocycles. The van der Waals surface area contributed by atoms with E-state index in [-0.39, 0.29) is 24.3 Å². The molecule has 3 aromatic carbocycles. The minimum absolute atomic E-state index is 0.103. The van der Waals surface area contributed by atoms with Crippen LogP contribution in [0.25, 0.3) is 10.8 Å². The number of anilines is 1. The van der Waals surface area contributed by atoms with Gasteiger partial charge in [-0.15, -0.1) is 0 Å². The summed E-state index contributed by atoms with van der Waals surface area (Å²) in [5.41, 5.74) is 4.83. The molecule has 3 aromatic rings. The second kappa shape index (κ2) is 10.8. The smallest absolute Gasteiger partial charge is 0.277 e. The molecule has 0 bridgehead atoms. The topological polar surface area (TPSA) is 79.8 Å². The van der Waals surface area contributed by atoms with E-state index in [9.17, 15) is 9.59 Å². The highest BCUT2D eigenvalue weighted by atomic mass is 16.5. The lowest BCUT2D eigenvalue weighted by Crippen LogP contribution is -2.25. The molecule has 4 rings (SSSR count). The maximum atomic E-state index is 12.4. The van der Waals surface area contributed by atoms with Gasteiger partial charge in [-0.2, -0.15) is 5.10 Å². The van der Waals surface area contributed by atoms with Gasteiger partial charge in [-0.3, -0.25) is 9.59 Å². The van der Waals surface area contributed by atoms with Gasteiger partial charge in [0.2, 0.25) is 5.91 Å². The molecule has 0 aliphatic heterocycles. The lowest BCUT2D eigenvalue weighted by molar-refractivity contribution is -0.123. The number of nitrogens with one attached hydrogen (secondary N) is 2. The number of carbonyl (C=O) groups is 2. The first kappa shape index (κ1) is 22.5. The molecule has 0 radical (unpaired) electrons. The molecule has 1 saturated carbocycles. The van der Waals surface area contributed by atoms with E-state index in [1.54, 1.807) is 0 Å². The van der Waals surface area contributed by atoms with E-state index in [2.05, 4.69) is 15.8 Å². The monoisotopic (exact) mass is 443 g/mol. The van der Waals surface area contributed by atoms with Crippen molar-refractivity contribution < 1.29 is 14.3 Å². The molecule has 0 unspecified atom stereocenters. The van der Waals surface area contributed by atoms with E-state index < -0.39 is 0 Å². The summed E-state index contributed by atoms with van der Waals surface area (Å²) in [7, 11) is 0. The standard InChI is InChI=1S/C27H29N3O3/c1-19(20-11-14-24(15-12-20)28-27(32)22-8-3-2-4-9-22)29-30-26(31)18-33-25-16-13-21-7-5-6-10-23(21)17-25/h5-7,10-17,22H,2-4,8-9,18H2,1H3,(H,28,32)(H,30,31). The van der Waals surface area contributed by atoms with Crippen LogP contribution in [0, 0.1) is 5.92 Å². The van der Waals surface area contributed by atoms with Crippen molar-refractivity contribution in [1.29, 1.82) is 0 Å². The maximum Gasteiger partial charge on any atom is 0.277 e. The number of hydrogen-bond donors (Lipinski definition) is 2. The molecule has 0 aromatic heterocycles. The predicted octanol–water partition coefficient (Wildman–Crippen LogP) is 5.28. The van der Waals surface area contributed by atoms with Crippen LogP contribution >= 0.6 is 0 Å². The Morgan fingerprint density at radius 3 is 2.42 bits per heavy atom. The third kappa shape index (κ3) is 6.19. The third-order valence-corrected chi connectivity index (χ3v) is 5.99. The van der Waals surface area contributed by atoms with Crippen molar-refractivity contribution in [2.45, 2.75) is 39.0 Å². The van der Waals surface area contributed by atoms with Gasteiger partial charge in [0.15, 0.2) is 6.61 Å². The summed E-state index contributed by atoms with van der Waals surface area (Å²) >= 11 is 0. The molecule has 0 spiro atoms. The van der Waals surface area contributed by atoms with Crippen LogP contribution in [0.5, 0.6) is 5.75 Å². The number of carbonyl (C=O) groups excluding carboxylic acids is 2. The fourth-order valence-electron chi connectivity index (χ4n) is 4.05. The largest absolute Gasteiger partial charge is 0.484 e. The highest BCUT2D eigenvalue weighted by molar-refractivity contribution is 6.00. The van der Waals surface area contributed by atoms with E-state index in [0.29, 0.717) is 11.5 Å². The quantitative estimate of drug-likeness (QED) is 0.385. The van der Waals surface area contributed by atoms with Crippen LogP contribution in [0.2, 0.25) is 0 Å². The van der Waals surface area contributed by atoms with Crippen LogP contribution in [0.15, 0.2) is 71.8 Å². The fraction of sp³-hybridized carbons (Fsp3) is 0.296. The average Bonchev–Trinajstić information content (AvgIpc) is 2.86. The molecule has 6 nitrogen and oxygen atoms in total. The van der Waals surface area contributed by atoms with E-state index in [4.69, 9.17) is 4.74 Å². The first-order valence-electron chi connectivity index (χ1n) is 11.4. The zero-order chi connectivity index (χ0) is 23.0. The summed E-state index contributed by atoms with van der Waals surface area (Å²) in [5.74, 6) is 0.523. The Hall–Kier alpha value is -3.67. The van der Waals surface area contributed by atoms with Crippen LogP contribution in [0.4, 0.5) is 5.69 Å². The summed E-state index contributed by atoms with van der Waals surface area (Å²) in [5, 5.41) is 9.35. The number of rotatable bonds is 7. The molecule has 2 N–H and O–H groups in total. The second-order valence-electron chi connectivity index (χ2n) is 8.43. The number of ether oxygens (including phenoxy) is 1. The summed E-state index contributed by atoms with van der Waals surface area (Å²) < 4.78 is 5.60. The Morgan fingerprint density at radius 2 is 1.67 bits per heavy atom. The molecule has 0 atom stereocenters. The van der Waals surface area contributed by atoms with Gasteiger partial charge < -0.3 is 10.1 Å². The third-order valence-electron chi connectivity index (χ3n) is 5.99. The molecule has 1 fully saturated rings. The van der Waals surface area contributed by atoms with E-state index in [0.717, 1.165) is 47.7 Å². The van der Waals surface area contributed by atoms with Crippen molar-refractivity contribution in [1.82, 2.24) is 5.43 Å². The average molecular weight is 444 g/mol. The Labute approximate surface area is 194 Å². The van der Waals surface area contributed by atoms with E-state index in [1.165, 1.54) is 6.42 Å². The minimum atomic E-state index is -0.334. The van der Waals surface area contributed by atoms with Crippen molar-refractivity contribution in [3.63, 3.8) is 0 Å². The Bertz CT molecular complexity index is 1150. The SMILES string of the molecule is CC(=NNC(=O)COc1ccc2ccccc2c1)c1ccc(NC(=O)C2CCCCC2)cc1. The van der Waals surface area contributed by atoms with Crippen molar-refractivity contribution in [3.05, 3.63) is 72.3 Å². The zero-order valence-corrected chi connectivity index (χ0v) is 18.8. The Kier molecular flexibility index (Phi) is 7.35. The molecule has 0 saturated heterocycles. The van der Waals surface area contributed by atoms with E-state index >= 15 is 0 Å². The van der Waals surface area contributed by atoms with Crippen LogP contribution in [-0.4, -0.2) is 24.1 Å². The number of hydrazone groups is 1. The number of hydrogen-bond acceptors (Lipinski definition) is 4. The van der Waals surface area contributed by atoms with Crippen molar-refractivity contribution >= 4 is 34.0 Å². The molecule has 1 aliphatic rings. The van der Waals surface area contributed by atoms with Gasteiger partial charge in [-0.05, 0) is 60.4 Å². The molecule has 170 valence electrons. The van der Waals surface area contributed by atoms with Gasteiger partial charge in [-0.1, -0.05) is 61.7 Å². The molecule has 2 amide bonds. The second-order valence-corrected chi connectivity index (χ2v) is 8.43. The van der Waals surface area contributed by atoms with Gasteiger partial charge in [0.05, 0.1) is 5.71 Å². The molecule has 0 heterocycles. The molecule has 6 heteroatoms. The van der Waals surface area contributed by atoms with E-state index in [1.807, 2.05) is 73.7 Å². The summed E-state index contributed by atoms with van der Waals surface area (Å²) in [6.45, 7) is 1.70. The van der Waals surface area contributed by atoms with Gasteiger partial charge in [0, 0.05) is 11.6 Å². The summed E-state index contributed by atoms with van der Waals surface area (Å²) in [6.07, 6.45) is 5.43. The van der Waals surface area contributed by atoms with Crippen LogP contribution in [0.1, 0.15) is 44.6 Å². The molecule has 33 heavy (non-hydrogen) atoms. The van der Waals surface area contributed by atoms with Crippen molar-refractivity contribution in [2.24, 2.45) is 11.0 Å². The highest BCUT2D eigenvalue weighted by Crippen LogP contribution is 2.25. The number of nitrogens with zero attached hydrogens (tertiary/aromatic N) is 1. The van der Waals surface area contributed by atoms with Gasteiger partial charge in [-0.25, -0.2) is 5.43 Å². The first-order valence-corrected chi connectivity index (χ1v) is 11.4. The van der Waals surface area contributed by atoms with Gasteiger partial charge in [0.25, 0.3) is 5.91 Å². The predicted molar refractivity (Wildman–Crippen MR) is 131 cm³/mol.